The summed E-state index contributed by atoms with van der Waals surface area (Å²) in [5.74, 6) is 0.264. The highest BCUT2D eigenvalue weighted by atomic mass is 79.9. The SMILES string of the molecule is CNc1cncc(C(=O)Nc2ccc(Br)cc2)n1. The van der Waals surface area contributed by atoms with Gasteiger partial charge in [0.05, 0.1) is 12.4 Å². The summed E-state index contributed by atoms with van der Waals surface area (Å²) in [4.78, 5) is 20.0. The number of anilines is 2. The number of rotatable bonds is 3. The molecule has 2 N–H and O–H groups in total. The third kappa shape index (κ3) is 3.04. The molecule has 0 saturated heterocycles. The Morgan fingerprint density at radius 3 is 2.61 bits per heavy atom. The lowest BCUT2D eigenvalue weighted by Crippen LogP contribution is -2.14. The molecule has 2 rings (SSSR count). The summed E-state index contributed by atoms with van der Waals surface area (Å²) in [6.45, 7) is 0. The summed E-state index contributed by atoms with van der Waals surface area (Å²) in [5.41, 5.74) is 0.977. The topological polar surface area (TPSA) is 66.9 Å². The van der Waals surface area contributed by atoms with Crippen molar-refractivity contribution in [3.05, 3.63) is 46.8 Å². The molecule has 0 fully saturated rings. The molecule has 0 unspecified atom stereocenters. The van der Waals surface area contributed by atoms with Crippen LogP contribution in [0.25, 0.3) is 0 Å². The number of amides is 1. The van der Waals surface area contributed by atoms with Crippen LogP contribution in [0.3, 0.4) is 0 Å². The van der Waals surface area contributed by atoms with Gasteiger partial charge in [0.25, 0.3) is 5.91 Å². The Kier molecular flexibility index (Phi) is 3.88. The van der Waals surface area contributed by atoms with Crippen LogP contribution in [0.15, 0.2) is 41.1 Å². The van der Waals surface area contributed by atoms with E-state index in [0.717, 1.165) is 4.47 Å². The van der Waals surface area contributed by atoms with E-state index in [9.17, 15) is 4.79 Å². The summed E-state index contributed by atoms with van der Waals surface area (Å²) in [7, 11) is 1.72. The molecule has 0 aliphatic carbocycles. The fourth-order valence-electron chi connectivity index (χ4n) is 1.32. The number of aromatic nitrogens is 2. The summed E-state index contributed by atoms with van der Waals surface area (Å²) < 4.78 is 0.956. The highest BCUT2D eigenvalue weighted by Crippen LogP contribution is 2.14. The van der Waals surface area contributed by atoms with E-state index in [1.165, 1.54) is 6.20 Å². The van der Waals surface area contributed by atoms with Crippen molar-refractivity contribution in [2.45, 2.75) is 0 Å². The molecule has 1 aromatic carbocycles. The van der Waals surface area contributed by atoms with Crippen LogP contribution in [0, 0.1) is 0 Å². The second-order valence-electron chi connectivity index (χ2n) is 3.50. The molecule has 5 nitrogen and oxygen atoms in total. The van der Waals surface area contributed by atoms with Gasteiger partial charge in [-0.1, -0.05) is 15.9 Å². The Morgan fingerprint density at radius 1 is 1.22 bits per heavy atom. The molecule has 0 bridgehead atoms. The molecular weight excluding hydrogens is 296 g/mol. The average Bonchev–Trinajstić information content (AvgIpc) is 2.41. The van der Waals surface area contributed by atoms with Crippen LogP contribution in [-0.4, -0.2) is 22.9 Å². The Bertz CT molecular complexity index is 556. The zero-order valence-electron chi connectivity index (χ0n) is 9.64. The molecule has 2 aromatic rings. The first-order chi connectivity index (χ1) is 8.69. The van der Waals surface area contributed by atoms with Crippen LogP contribution >= 0.6 is 15.9 Å². The molecule has 0 aliphatic rings. The molecule has 0 radical (unpaired) electrons. The van der Waals surface area contributed by atoms with E-state index in [4.69, 9.17) is 0 Å². The lowest BCUT2D eigenvalue weighted by molar-refractivity contribution is 0.102. The number of nitrogens with zero attached hydrogens (tertiary/aromatic N) is 2. The monoisotopic (exact) mass is 306 g/mol. The summed E-state index contributed by atoms with van der Waals surface area (Å²) in [5, 5.41) is 5.58. The number of hydrogen-bond acceptors (Lipinski definition) is 4. The number of halogens is 1. The van der Waals surface area contributed by atoms with Crippen molar-refractivity contribution in [3.63, 3.8) is 0 Å². The second kappa shape index (κ2) is 5.59. The number of nitrogens with one attached hydrogen (secondary N) is 2. The Hall–Kier alpha value is -1.95. The van der Waals surface area contributed by atoms with Gasteiger partial charge in [-0.05, 0) is 24.3 Å². The van der Waals surface area contributed by atoms with Crippen molar-refractivity contribution in [1.82, 2.24) is 9.97 Å². The number of benzene rings is 1. The first-order valence-corrected chi connectivity index (χ1v) is 6.05. The maximum Gasteiger partial charge on any atom is 0.275 e. The third-order valence-corrected chi connectivity index (χ3v) is 2.75. The van der Waals surface area contributed by atoms with Crippen LogP contribution < -0.4 is 10.6 Å². The van der Waals surface area contributed by atoms with Crippen LogP contribution in [-0.2, 0) is 0 Å². The van der Waals surface area contributed by atoms with E-state index >= 15 is 0 Å². The number of carbonyl (C=O) groups excluding carboxylic acids is 1. The second-order valence-corrected chi connectivity index (χ2v) is 4.42. The van der Waals surface area contributed by atoms with Crippen LogP contribution in [0.1, 0.15) is 10.5 Å². The number of hydrogen-bond donors (Lipinski definition) is 2. The van der Waals surface area contributed by atoms with Crippen molar-refractivity contribution in [3.8, 4) is 0 Å². The molecule has 0 spiro atoms. The summed E-state index contributed by atoms with van der Waals surface area (Å²) in [6.07, 6.45) is 2.98. The van der Waals surface area contributed by atoms with Gasteiger partial charge in [-0.15, -0.1) is 0 Å². The lowest BCUT2D eigenvalue weighted by atomic mass is 10.3. The van der Waals surface area contributed by atoms with Gasteiger partial charge < -0.3 is 10.6 Å². The maximum atomic E-state index is 11.9. The predicted molar refractivity (Wildman–Crippen MR) is 73.7 cm³/mol. The van der Waals surface area contributed by atoms with Crippen LogP contribution in [0.4, 0.5) is 11.5 Å². The molecule has 18 heavy (non-hydrogen) atoms. The van der Waals surface area contributed by atoms with Gasteiger partial charge in [0.15, 0.2) is 0 Å². The molecule has 1 amide bonds. The largest absolute Gasteiger partial charge is 0.372 e. The molecule has 0 aliphatic heterocycles. The minimum Gasteiger partial charge on any atom is -0.372 e. The van der Waals surface area contributed by atoms with E-state index in [1.54, 1.807) is 25.4 Å². The highest BCUT2D eigenvalue weighted by molar-refractivity contribution is 9.10. The van der Waals surface area contributed by atoms with Crippen LogP contribution in [0.2, 0.25) is 0 Å². The molecule has 1 heterocycles. The van der Waals surface area contributed by atoms with E-state index in [0.29, 0.717) is 11.5 Å². The van der Waals surface area contributed by atoms with Gasteiger partial charge in [-0.3, -0.25) is 9.78 Å². The standard InChI is InChI=1S/C12H11BrN4O/c1-14-11-7-15-6-10(17-11)12(18)16-9-4-2-8(13)3-5-9/h2-7H,1H3,(H,14,17)(H,16,18). The van der Waals surface area contributed by atoms with Crippen molar-refractivity contribution in [1.29, 1.82) is 0 Å². The Labute approximate surface area is 113 Å². The first kappa shape index (κ1) is 12.5. The van der Waals surface area contributed by atoms with Crippen molar-refractivity contribution in [2.75, 3.05) is 17.7 Å². The van der Waals surface area contributed by atoms with Gasteiger partial charge in [-0.25, -0.2) is 4.98 Å². The first-order valence-electron chi connectivity index (χ1n) is 5.26. The predicted octanol–water partition coefficient (Wildman–Crippen LogP) is 2.53. The van der Waals surface area contributed by atoms with Crippen LogP contribution in [0.5, 0.6) is 0 Å². The quantitative estimate of drug-likeness (QED) is 0.914. The molecular formula is C12H11BrN4O. The lowest BCUT2D eigenvalue weighted by Gasteiger charge is -2.05. The molecule has 6 heteroatoms. The average molecular weight is 307 g/mol. The summed E-state index contributed by atoms with van der Waals surface area (Å²) >= 11 is 3.33. The van der Waals surface area contributed by atoms with E-state index in [2.05, 4.69) is 36.5 Å². The number of carbonyl (C=O) groups is 1. The third-order valence-electron chi connectivity index (χ3n) is 2.23. The normalized spacial score (nSPS) is 9.89. The summed E-state index contributed by atoms with van der Waals surface area (Å²) in [6, 6.07) is 7.31. The fourth-order valence-corrected chi connectivity index (χ4v) is 1.59. The van der Waals surface area contributed by atoms with Crippen molar-refractivity contribution >= 4 is 33.3 Å². The van der Waals surface area contributed by atoms with E-state index in [-0.39, 0.29) is 11.6 Å². The zero-order chi connectivity index (χ0) is 13.0. The highest BCUT2D eigenvalue weighted by Gasteiger charge is 2.08. The van der Waals surface area contributed by atoms with Gasteiger partial charge in [0.2, 0.25) is 0 Å². The van der Waals surface area contributed by atoms with Gasteiger partial charge in [0, 0.05) is 17.2 Å². The van der Waals surface area contributed by atoms with Gasteiger partial charge >= 0.3 is 0 Å². The van der Waals surface area contributed by atoms with E-state index in [1.807, 2.05) is 12.1 Å². The fraction of sp³-hybridized carbons (Fsp3) is 0.0833. The van der Waals surface area contributed by atoms with Crippen molar-refractivity contribution in [2.24, 2.45) is 0 Å². The minimum atomic E-state index is -0.290. The minimum absolute atomic E-state index is 0.268. The maximum absolute atomic E-state index is 11.9. The Balaban J connectivity index is 2.14. The van der Waals surface area contributed by atoms with Gasteiger partial charge in [-0.2, -0.15) is 0 Å². The van der Waals surface area contributed by atoms with Gasteiger partial charge in [0.1, 0.15) is 11.5 Å². The van der Waals surface area contributed by atoms with Crippen molar-refractivity contribution < 1.29 is 4.79 Å². The molecule has 0 atom stereocenters. The Morgan fingerprint density at radius 2 is 1.94 bits per heavy atom. The molecule has 1 aromatic heterocycles. The van der Waals surface area contributed by atoms with E-state index < -0.39 is 0 Å². The zero-order valence-corrected chi connectivity index (χ0v) is 11.2. The smallest absolute Gasteiger partial charge is 0.275 e. The molecule has 0 saturated carbocycles. The molecule has 92 valence electrons.